The zero-order valence-electron chi connectivity index (χ0n) is 24.0. The monoisotopic (exact) mass is 587 g/mol. The molecule has 0 unspecified atom stereocenters. The number of nitrogens with zero attached hydrogens (tertiary/aromatic N) is 3. The second-order valence-electron chi connectivity index (χ2n) is 11.2. The van der Waals surface area contributed by atoms with Crippen LogP contribution in [0, 0.1) is 19.3 Å². The minimum absolute atomic E-state index is 0.0940. The molecular weight excluding hydrogens is 554 g/mol. The lowest BCUT2D eigenvalue weighted by molar-refractivity contribution is -0.123. The van der Waals surface area contributed by atoms with Gasteiger partial charge in [0.2, 0.25) is 5.91 Å². The second kappa shape index (κ2) is 11.2. The highest BCUT2D eigenvalue weighted by Crippen LogP contribution is 2.45. The van der Waals surface area contributed by atoms with Crippen LogP contribution in [-0.2, 0) is 4.79 Å². The Hall–Kier alpha value is -3.88. The number of hydrogen-bond acceptors (Lipinski definition) is 4. The third-order valence-electron chi connectivity index (χ3n) is 7.35. The fourth-order valence-corrected chi connectivity index (χ4v) is 5.82. The van der Waals surface area contributed by atoms with Crippen molar-refractivity contribution in [2.75, 3.05) is 17.3 Å². The number of thiocarbonyl (C=S) groups is 1. The van der Waals surface area contributed by atoms with Crippen molar-refractivity contribution in [2.24, 2.45) is 5.41 Å². The van der Waals surface area contributed by atoms with Gasteiger partial charge >= 0.3 is 0 Å². The van der Waals surface area contributed by atoms with Gasteiger partial charge in [-0.05, 0) is 80.2 Å². The van der Waals surface area contributed by atoms with Crippen LogP contribution in [0.5, 0.6) is 5.75 Å². The first kappa shape index (κ1) is 28.6. The third-order valence-corrected chi connectivity index (χ3v) is 7.90. The van der Waals surface area contributed by atoms with Crippen molar-refractivity contribution >= 4 is 46.2 Å². The molecule has 0 saturated carbocycles. The number of halogens is 1. The number of aryl methyl sites for hydroxylation is 1. The maximum Gasteiger partial charge on any atom is 0.229 e. The van der Waals surface area contributed by atoms with Crippen molar-refractivity contribution in [1.29, 1.82) is 0 Å². The van der Waals surface area contributed by atoms with E-state index in [9.17, 15) is 4.79 Å². The highest BCUT2D eigenvalue weighted by molar-refractivity contribution is 7.80. The van der Waals surface area contributed by atoms with Crippen molar-refractivity contribution in [1.82, 2.24) is 14.9 Å². The zero-order chi connectivity index (χ0) is 29.5. The highest BCUT2D eigenvalue weighted by atomic mass is 35.5. The Morgan fingerprint density at radius 1 is 1.05 bits per heavy atom. The summed E-state index contributed by atoms with van der Waals surface area (Å²) in [5.74, 6) is 0.454. The molecule has 41 heavy (non-hydrogen) atoms. The number of amides is 1. The van der Waals surface area contributed by atoms with E-state index in [0.29, 0.717) is 21.6 Å². The molecule has 4 aromatic rings. The zero-order valence-corrected chi connectivity index (χ0v) is 25.6. The maximum atomic E-state index is 12.7. The standard InChI is InChI=1S/C32H34ClN5O2S/c1-19-16-24(20(2)37(19)22-11-9-10-21(33)17-22)29-28(26-12-7-8-15-34-26)36-31(41)38(29)23-13-14-25(27(18-23)40-6)35-30(39)32(3,4)5/h7-18,28-29H,1-6H3,(H,35,39)(H,36,41)/t28-,29+/m0/s1. The van der Waals surface area contributed by atoms with Gasteiger partial charge in [-0.3, -0.25) is 9.78 Å². The average molecular weight is 588 g/mol. The molecule has 2 N–H and O–H groups in total. The molecule has 212 valence electrons. The molecule has 2 aromatic heterocycles. The van der Waals surface area contributed by atoms with Gasteiger partial charge in [0.05, 0.1) is 30.6 Å². The maximum absolute atomic E-state index is 12.7. The van der Waals surface area contributed by atoms with E-state index in [1.54, 1.807) is 13.3 Å². The number of anilines is 2. The smallest absolute Gasteiger partial charge is 0.229 e. The molecule has 0 spiro atoms. The van der Waals surface area contributed by atoms with Gasteiger partial charge in [-0.25, -0.2) is 0 Å². The number of hydrogen-bond donors (Lipinski definition) is 2. The molecule has 5 rings (SSSR count). The molecule has 9 heteroatoms. The molecule has 2 atom stereocenters. The van der Waals surface area contributed by atoms with Crippen LogP contribution in [-0.4, -0.2) is 27.7 Å². The normalized spacial score (nSPS) is 17.0. The van der Waals surface area contributed by atoms with Crippen LogP contribution < -0.4 is 20.3 Å². The van der Waals surface area contributed by atoms with Gasteiger partial charge in [-0.1, -0.05) is 44.5 Å². The fourth-order valence-electron chi connectivity index (χ4n) is 5.29. The molecule has 1 amide bonds. The first-order valence-corrected chi connectivity index (χ1v) is 14.2. The molecular formula is C32H34ClN5O2S. The van der Waals surface area contributed by atoms with Crippen LogP contribution in [0.15, 0.2) is 72.9 Å². The number of benzene rings is 2. The summed E-state index contributed by atoms with van der Waals surface area (Å²) in [6.07, 6.45) is 1.80. The Labute approximate surface area is 251 Å². The summed E-state index contributed by atoms with van der Waals surface area (Å²) in [6, 6.07) is 21.3. The van der Waals surface area contributed by atoms with Gasteiger partial charge in [0.25, 0.3) is 0 Å². The number of pyridine rings is 1. The average Bonchev–Trinajstić information content (AvgIpc) is 3.43. The van der Waals surface area contributed by atoms with Gasteiger partial charge in [-0.15, -0.1) is 0 Å². The van der Waals surface area contributed by atoms with Crippen LogP contribution in [0.2, 0.25) is 5.02 Å². The predicted molar refractivity (Wildman–Crippen MR) is 169 cm³/mol. The quantitative estimate of drug-likeness (QED) is 0.230. The van der Waals surface area contributed by atoms with Crippen molar-refractivity contribution in [2.45, 2.75) is 46.7 Å². The summed E-state index contributed by atoms with van der Waals surface area (Å²) >= 11 is 12.3. The van der Waals surface area contributed by atoms with Crippen LogP contribution >= 0.6 is 23.8 Å². The number of ether oxygens (including phenoxy) is 1. The van der Waals surface area contributed by atoms with Crippen LogP contribution in [0.1, 0.15) is 55.5 Å². The Bertz CT molecular complexity index is 1610. The third kappa shape index (κ3) is 5.54. The van der Waals surface area contributed by atoms with Crippen molar-refractivity contribution in [3.8, 4) is 11.4 Å². The topological polar surface area (TPSA) is 71.4 Å². The van der Waals surface area contributed by atoms with Gasteiger partial charge < -0.3 is 24.8 Å². The summed E-state index contributed by atoms with van der Waals surface area (Å²) in [6.45, 7) is 9.83. The molecule has 3 heterocycles. The molecule has 1 saturated heterocycles. The summed E-state index contributed by atoms with van der Waals surface area (Å²) in [7, 11) is 1.60. The molecule has 1 aliphatic rings. The largest absolute Gasteiger partial charge is 0.494 e. The fraction of sp³-hybridized carbons (Fsp3) is 0.281. The Kier molecular flexibility index (Phi) is 7.81. The number of nitrogens with one attached hydrogen (secondary N) is 2. The van der Waals surface area contributed by atoms with E-state index in [1.807, 2.05) is 75.4 Å². The number of carbonyl (C=O) groups excluding carboxylic acids is 1. The van der Waals surface area contributed by atoms with E-state index in [1.165, 1.54) is 0 Å². The Morgan fingerprint density at radius 2 is 1.83 bits per heavy atom. The molecule has 0 radical (unpaired) electrons. The molecule has 2 aromatic carbocycles. The minimum Gasteiger partial charge on any atom is -0.494 e. The van der Waals surface area contributed by atoms with E-state index in [-0.39, 0.29) is 18.0 Å². The van der Waals surface area contributed by atoms with E-state index in [2.05, 4.69) is 51.1 Å². The lowest BCUT2D eigenvalue weighted by Gasteiger charge is -2.29. The van der Waals surface area contributed by atoms with Gasteiger partial charge in [0.1, 0.15) is 5.75 Å². The van der Waals surface area contributed by atoms with Crippen LogP contribution in [0.3, 0.4) is 0 Å². The lowest BCUT2D eigenvalue weighted by Crippen LogP contribution is -2.30. The molecule has 1 aliphatic heterocycles. The lowest BCUT2D eigenvalue weighted by atomic mass is 9.95. The van der Waals surface area contributed by atoms with Crippen molar-refractivity contribution in [3.63, 3.8) is 0 Å². The summed E-state index contributed by atoms with van der Waals surface area (Å²) < 4.78 is 7.94. The van der Waals surface area contributed by atoms with Gasteiger partial charge in [0, 0.05) is 45.5 Å². The molecule has 7 nitrogen and oxygen atoms in total. The first-order chi connectivity index (χ1) is 19.5. The minimum atomic E-state index is -0.545. The van der Waals surface area contributed by atoms with E-state index < -0.39 is 5.41 Å². The highest BCUT2D eigenvalue weighted by Gasteiger charge is 2.42. The van der Waals surface area contributed by atoms with E-state index in [4.69, 9.17) is 28.6 Å². The second-order valence-corrected chi connectivity index (χ2v) is 12.1. The number of rotatable bonds is 6. The first-order valence-electron chi connectivity index (χ1n) is 13.4. The van der Waals surface area contributed by atoms with Gasteiger partial charge in [-0.2, -0.15) is 0 Å². The summed E-state index contributed by atoms with van der Waals surface area (Å²) in [5, 5.41) is 7.78. The van der Waals surface area contributed by atoms with Crippen LogP contribution in [0.25, 0.3) is 5.69 Å². The van der Waals surface area contributed by atoms with E-state index in [0.717, 1.165) is 34.0 Å². The Balaban J connectivity index is 1.63. The van der Waals surface area contributed by atoms with Crippen molar-refractivity contribution in [3.05, 3.63) is 101 Å². The summed E-state index contributed by atoms with van der Waals surface area (Å²) in [5.41, 5.74) is 6.04. The number of methoxy groups -OCH3 is 1. The van der Waals surface area contributed by atoms with Crippen LogP contribution in [0.4, 0.5) is 11.4 Å². The molecule has 1 fully saturated rings. The summed E-state index contributed by atoms with van der Waals surface area (Å²) in [4.78, 5) is 19.5. The predicted octanol–water partition coefficient (Wildman–Crippen LogP) is 7.31. The Morgan fingerprint density at radius 3 is 2.49 bits per heavy atom. The van der Waals surface area contributed by atoms with Gasteiger partial charge in [0.15, 0.2) is 5.11 Å². The van der Waals surface area contributed by atoms with E-state index >= 15 is 0 Å². The molecule has 0 bridgehead atoms. The SMILES string of the molecule is COc1cc(N2C(=S)N[C@@H](c3ccccn3)[C@H]2c2cc(C)n(-c3cccc(Cl)c3)c2C)ccc1NC(=O)C(C)(C)C. The van der Waals surface area contributed by atoms with Crippen molar-refractivity contribution < 1.29 is 9.53 Å². The number of carbonyl (C=O) groups is 1. The number of aromatic nitrogens is 2. The molecule has 0 aliphatic carbocycles.